The minimum absolute atomic E-state index is 0.0653. The number of fused-ring (bicyclic) bond motifs is 5. The number of carbonyl (C=O) groups is 3. The fraction of sp³-hybridized carbons (Fsp3) is 0.897. The summed E-state index contributed by atoms with van der Waals surface area (Å²) in [6, 6.07) is -0.282. The zero-order valence-electron chi connectivity index (χ0n) is 24.8. The van der Waals surface area contributed by atoms with Crippen molar-refractivity contribution in [1.82, 2.24) is 5.32 Å². The van der Waals surface area contributed by atoms with Gasteiger partial charge in [-0.3, -0.25) is 4.79 Å². The summed E-state index contributed by atoms with van der Waals surface area (Å²) in [7, 11) is 0. The van der Waals surface area contributed by atoms with E-state index in [1.165, 1.54) is 0 Å². The van der Waals surface area contributed by atoms with Gasteiger partial charge in [0.15, 0.2) is 0 Å². The number of alkyl halides is 6. The smallest absolute Gasteiger partial charge is 0.445 e. The summed E-state index contributed by atoms with van der Waals surface area (Å²) in [5, 5.41) is 3.14. The largest absolute Gasteiger partial charge is 0.508 e. The monoisotopic (exact) mass is 725 g/mol. The predicted octanol–water partition coefficient (Wildman–Crippen LogP) is 8.22. The Balaban J connectivity index is 1.62. The molecule has 0 radical (unpaired) electrons. The number of ether oxygens (including phenoxy) is 4. The second kappa shape index (κ2) is 13.6. The summed E-state index contributed by atoms with van der Waals surface area (Å²) in [5.41, 5.74) is -0.526. The summed E-state index contributed by atoms with van der Waals surface area (Å²) >= 11 is 34.7. The van der Waals surface area contributed by atoms with Gasteiger partial charge in [-0.2, -0.15) is 0 Å². The van der Waals surface area contributed by atoms with Gasteiger partial charge in [-0.25, -0.2) is 9.59 Å². The highest BCUT2D eigenvalue weighted by Crippen LogP contribution is 2.67. The van der Waals surface area contributed by atoms with Gasteiger partial charge >= 0.3 is 12.2 Å². The van der Waals surface area contributed by atoms with E-state index in [1.807, 2.05) is 6.92 Å². The number of ketones is 1. The summed E-state index contributed by atoms with van der Waals surface area (Å²) in [6.07, 6.45) is 2.97. The molecule has 4 aliphatic carbocycles. The Morgan fingerprint density at radius 3 is 2.12 bits per heavy atom. The van der Waals surface area contributed by atoms with Gasteiger partial charge in [0.2, 0.25) is 7.59 Å². The van der Waals surface area contributed by atoms with E-state index >= 15 is 0 Å². The third kappa shape index (κ3) is 8.08. The van der Waals surface area contributed by atoms with Crippen molar-refractivity contribution in [3.05, 3.63) is 0 Å². The van der Waals surface area contributed by atoms with Gasteiger partial charge in [0.1, 0.15) is 25.1 Å². The Morgan fingerprint density at radius 2 is 1.51 bits per heavy atom. The van der Waals surface area contributed by atoms with Crippen molar-refractivity contribution in [2.75, 3.05) is 19.8 Å². The van der Waals surface area contributed by atoms with Crippen LogP contribution >= 0.6 is 69.6 Å². The van der Waals surface area contributed by atoms with Gasteiger partial charge in [-0.05, 0) is 93.3 Å². The van der Waals surface area contributed by atoms with Gasteiger partial charge in [0, 0.05) is 18.6 Å². The van der Waals surface area contributed by atoms with Crippen molar-refractivity contribution in [3.63, 3.8) is 0 Å². The quantitative estimate of drug-likeness (QED) is 0.208. The van der Waals surface area contributed by atoms with Crippen molar-refractivity contribution >= 4 is 87.6 Å². The first-order valence-electron chi connectivity index (χ1n) is 14.9. The standard InChI is InChI=1S/C29H41Cl6NO7/c1-5-40-22-12-26(3)16(10-21(22)43-25(39)42-14-29(33,34)35)6-7-17-19-9-8-18(15(2)37)27(19,4)11-20(23(17)26)36-24(38)41-13-28(30,31)32/h16-23H,5-14H2,1-4H3,(H,36,38)/t16-,17-,18+,19-,20+,21-,22-,23+,26-,27+/m0/s1. The average Bonchev–Trinajstić information content (AvgIpc) is 3.23. The van der Waals surface area contributed by atoms with E-state index in [-0.39, 0.29) is 52.9 Å². The van der Waals surface area contributed by atoms with Crippen LogP contribution in [0.3, 0.4) is 0 Å². The second-order valence-electron chi connectivity index (χ2n) is 13.2. The van der Waals surface area contributed by atoms with Crippen LogP contribution in [0.4, 0.5) is 9.59 Å². The van der Waals surface area contributed by atoms with Crippen LogP contribution in [0.5, 0.6) is 0 Å². The molecule has 14 heteroatoms. The molecule has 0 aromatic carbocycles. The molecule has 4 saturated carbocycles. The first-order chi connectivity index (χ1) is 19.9. The summed E-state index contributed by atoms with van der Waals surface area (Å²) in [4.78, 5) is 38.4. The van der Waals surface area contributed by atoms with Crippen molar-refractivity contribution in [2.24, 2.45) is 40.4 Å². The molecule has 10 atom stereocenters. The molecule has 43 heavy (non-hydrogen) atoms. The van der Waals surface area contributed by atoms with E-state index in [0.717, 1.165) is 25.7 Å². The third-order valence-corrected chi connectivity index (χ3v) is 11.4. The molecule has 8 nitrogen and oxygen atoms in total. The summed E-state index contributed by atoms with van der Waals surface area (Å²) in [5.74, 6) is 0.983. The maximum Gasteiger partial charge on any atom is 0.508 e. The Morgan fingerprint density at radius 1 is 0.860 bits per heavy atom. The molecule has 0 bridgehead atoms. The van der Waals surface area contributed by atoms with Crippen molar-refractivity contribution in [3.8, 4) is 0 Å². The molecule has 246 valence electrons. The van der Waals surface area contributed by atoms with Crippen molar-refractivity contribution in [2.45, 2.75) is 98.5 Å². The number of alkyl carbamates (subject to hydrolysis) is 1. The number of nitrogens with one attached hydrogen (secondary N) is 1. The minimum atomic E-state index is -1.75. The number of rotatable bonds is 7. The molecule has 1 N–H and O–H groups in total. The summed E-state index contributed by atoms with van der Waals surface area (Å²) < 4.78 is 18.8. The number of hydrogen-bond donors (Lipinski definition) is 1. The highest BCUT2D eigenvalue weighted by atomic mass is 35.6. The van der Waals surface area contributed by atoms with Crippen LogP contribution in [0.1, 0.15) is 72.6 Å². The average molecular weight is 728 g/mol. The lowest BCUT2D eigenvalue weighted by molar-refractivity contribution is -0.182. The molecule has 0 aromatic heterocycles. The van der Waals surface area contributed by atoms with Crippen LogP contribution in [-0.2, 0) is 23.7 Å². The Bertz CT molecular complexity index is 1050. The van der Waals surface area contributed by atoms with Gasteiger partial charge in [0.25, 0.3) is 0 Å². The van der Waals surface area contributed by atoms with E-state index < -0.39 is 38.6 Å². The topological polar surface area (TPSA) is 100 Å². The summed E-state index contributed by atoms with van der Waals surface area (Å²) in [6.45, 7) is 7.64. The third-order valence-electron chi connectivity index (χ3n) is 10.7. The molecule has 0 aliphatic heterocycles. The zero-order valence-corrected chi connectivity index (χ0v) is 29.4. The lowest BCUT2D eigenvalue weighted by Crippen LogP contribution is -2.64. The second-order valence-corrected chi connectivity index (χ2v) is 18.2. The lowest BCUT2D eigenvalue weighted by Gasteiger charge is -2.64. The Kier molecular flexibility index (Phi) is 11.3. The molecule has 0 heterocycles. The van der Waals surface area contributed by atoms with Crippen LogP contribution in [0.15, 0.2) is 0 Å². The fourth-order valence-corrected chi connectivity index (χ4v) is 9.70. The van der Waals surface area contributed by atoms with E-state index in [2.05, 4.69) is 19.2 Å². The number of hydrogen-bond acceptors (Lipinski definition) is 7. The fourth-order valence-electron chi connectivity index (χ4n) is 9.37. The van der Waals surface area contributed by atoms with E-state index in [0.29, 0.717) is 31.8 Å². The molecule has 4 fully saturated rings. The SMILES string of the molecule is CCO[C@H]1C[C@@]2(C)[C@@H](CC[C@@H]3[C@@H]2[C@H](NC(=O)OCC(Cl)(Cl)Cl)C[C@]2(C)[C@@H](C(C)=O)CC[C@@H]32)C[C@@H]1OC(=O)OCC(Cl)(Cl)Cl. The maximum atomic E-state index is 13.1. The van der Waals surface area contributed by atoms with E-state index in [1.54, 1.807) is 6.92 Å². The van der Waals surface area contributed by atoms with Crippen LogP contribution in [-0.4, -0.2) is 63.7 Å². The number of Topliss-reactive ketones (excluding diaryl/α,β-unsaturated/α-hetero) is 1. The zero-order chi connectivity index (χ0) is 32.0. The lowest BCUT2D eigenvalue weighted by atomic mass is 9.43. The first kappa shape index (κ1) is 35.8. The molecule has 4 aliphatic rings. The number of halogens is 6. The molecule has 4 rings (SSSR count). The molecule has 1 amide bonds. The first-order valence-corrected chi connectivity index (χ1v) is 17.2. The van der Waals surface area contributed by atoms with Gasteiger partial charge in [0.05, 0.1) is 6.10 Å². The Hall–Kier alpha value is -0.0900. The van der Waals surface area contributed by atoms with Gasteiger partial charge in [-0.15, -0.1) is 0 Å². The molecule has 0 aromatic rings. The predicted molar refractivity (Wildman–Crippen MR) is 167 cm³/mol. The molecule has 0 spiro atoms. The molecular formula is C29H41Cl6NO7. The van der Waals surface area contributed by atoms with Gasteiger partial charge < -0.3 is 24.3 Å². The van der Waals surface area contributed by atoms with Gasteiger partial charge in [-0.1, -0.05) is 83.5 Å². The highest BCUT2D eigenvalue weighted by Gasteiger charge is 2.65. The number of carbonyl (C=O) groups excluding carboxylic acids is 3. The van der Waals surface area contributed by atoms with Crippen LogP contribution in [0.2, 0.25) is 0 Å². The molecule has 0 saturated heterocycles. The van der Waals surface area contributed by atoms with Crippen molar-refractivity contribution in [1.29, 1.82) is 0 Å². The van der Waals surface area contributed by atoms with Crippen molar-refractivity contribution < 1.29 is 33.3 Å². The number of amides is 1. The normalized spacial score (nSPS) is 39.1. The van der Waals surface area contributed by atoms with Crippen LogP contribution in [0.25, 0.3) is 0 Å². The minimum Gasteiger partial charge on any atom is -0.445 e. The highest BCUT2D eigenvalue weighted by molar-refractivity contribution is 6.68. The van der Waals surface area contributed by atoms with E-state index in [4.69, 9.17) is 88.6 Å². The maximum absolute atomic E-state index is 13.1. The molecular weight excluding hydrogens is 687 g/mol. The van der Waals surface area contributed by atoms with Crippen LogP contribution < -0.4 is 5.32 Å². The Labute approximate surface area is 283 Å². The van der Waals surface area contributed by atoms with Crippen LogP contribution in [0, 0.1) is 40.4 Å². The van der Waals surface area contributed by atoms with E-state index in [9.17, 15) is 14.4 Å². The molecule has 0 unspecified atom stereocenters.